The second-order valence-corrected chi connectivity index (χ2v) is 4.91. The van der Waals surface area contributed by atoms with Crippen LogP contribution in [0.4, 0.5) is 10.1 Å². The van der Waals surface area contributed by atoms with Gasteiger partial charge in [0, 0.05) is 11.3 Å². The number of methoxy groups -OCH3 is 1. The molecule has 2 aromatic carbocycles. The molecule has 0 radical (unpaired) electrons. The first-order chi connectivity index (χ1) is 9.92. The zero-order chi connectivity index (χ0) is 15.6. The van der Waals surface area contributed by atoms with E-state index in [9.17, 15) is 14.3 Å². The van der Waals surface area contributed by atoms with Gasteiger partial charge in [0.15, 0.2) is 17.3 Å². The van der Waals surface area contributed by atoms with E-state index >= 15 is 0 Å². The SMILES string of the molecule is COc1ccc(C(=O)Nc2cc(Cl)c(O)c(Cl)c2)cc1F. The highest BCUT2D eigenvalue weighted by Gasteiger charge is 2.12. The quantitative estimate of drug-likeness (QED) is 0.833. The maximum atomic E-state index is 13.6. The van der Waals surface area contributed by atoms with Gasteiger partial charge in [-0.05, 0) is 30.3 Å². The van der Waals surface area contributed by atoms with Crippen molar-refractivity contribution in [2.45, 2.75) is 0 Å². The van der Waals surface area contributed by atoms with Crippen LogP contribution in [0.25, 0.3) is 0 Å². The molecule has 2 rings (SSSR count). The fourth-order valence-corrected chi connectivity index (χ4v) is 2.14. The number of ether oxygens (including phenoxy) is 1. The van der Waals surface area contributed by atoms with Crippen molar-refractivity contribution < 1.29 is 19.0 Å². The maximum Gasteiger partial charge on any atom is 0.255 e. The highest BCUT2D eigenvalue weighted by Crippen LogP contribution is 2.34. The summed E-state index contributed by atoms with van der Waals surface area (Å²) in [5, 5.41) is 11.9. The van der Waals surface area contributed by atoms with Crippen LogP contribution in [0.5, 0.6) is 11.5 Å². The molecule has 21 heavy (non-hydrogen) atoms. The highest BCUT2D eigenvalue weighted by atomic mass is 35.5. The number of amides is 1. The van der Waals surface area contributed by atoms with Gasteiger partial charge in [-0.2, -0.15) is 0 Å². The van der Waals surface area contributed by atoms with Gasteiger partial charge in [0.25, 0.3) is 5.91 Å². The lowest BCUT2D eigenvalue weighted by Crippen LogP contribution is -2.12. The molecule has 0 aliphatic carbocycles. The van der Waals surface area contributed by atoms with E-state index in [2.05, 4.69) is 5.32 Å². The molecule has 0 aliphatic rings. The van der Waals surface area contributed by atoms with E-state index in [4.69, 9.17) is 27.9 Å². The summed E-state index contributed by atoms with van der Waals surface area (Å²) in [6.07, 6.45) is 0. The number of anilines is 1. The third-order valence-corrected chi connectivity index (χ3v) is 3.26. The Morgan fingerprint density at radius 2 is 1.86 bits per heavy atom. The summed E-state index contributed by atoms with van der Waals surface area (Å²) in [5.41, 5.74) is 0.387. The monoisotopic (exact) mass is 329 g/mol. The van der Waals surface area contributed by atoms with Gasteiger partial charge in [0.05, 0.1) is 17.2 Å². The van der Waals surface area contributed by atoms with Gasteiger partial charge >= 0.3 is 0 Å². The summed E-state index contributed by atoms with van der Waals surface area (Å²) >= 11 is 11.5. The summed E-state index contributed by atoms with van der Waals surface area (Å²) in [5.74, 6) is -1.42. The predicted octanol–water partition coefficient (Wildman–Crippen LogP) is 4.10. The third kappa shape index (κ3) is 3.37. The van der Waals surface area contributed by atoms with Crippen molar-refractivity contribution in [3.63, 3.8) is 0 Å². The zero-order valence-electron chi connectivity index (χ0n) is 10.8. The number of aromatic hydroxyl groups is 1. The van der Waals surface area contributed by atoms with Crippen LogP contribution in [0, 0.1) is 5.82 Å². The number of hydrogen-bond donors (Lipinski definition) is 2. The second-order valence-electron chi connectivity index (χ2n) is 4.09. The fraction of sp³-hybridized carbons (Fsp3) is 0.0714. The van der Waals surface area contributed by atoms with E-state index in [1.165, 1.54) is 31.4 Å². The minimum atomic E-state index is -0.646. The largest absolute Gasteiger partial charge is 0.505 e. The number of hydrogen-bond acceptors (Lipinski definition) is 3. The molecule has 0 bridgehead atoms. The molecule has 0 spiro atoms. The Hall–Kier alpha value is -1.98. The van der Waals surface area contributed by atoms with E-state index in [-0.39, 0.29) is 32.8 Å². The average Bonchev–Trinajstić information content (AvgIpc) is 2.44. The molecule has 1 amide bonds. The molecule has 7 heteroatoms. The van der Waals surface area contributed by atoms with Crippen molar-refractivity contribution in [1.82, 2.24) is 0 Å². The summed E-state index contributed by atoms with van der Waals surface area (Å²) in [7, 11) is 1.33. The first-order valence-electron chi connectivity index (χ1n) is 5.75. The lowest BCUT2D eigenvalue weighted by molar-refractivity contribution is 0.102. The molecule has 0 aromatic heterocycles. The van der Waals surface area contributed by atoms with Crippen molar-refractivity contribution >= 4 is 34.8 Å². The summed E-state index contributed by atoms with van der Waals surface area (Å²) in [4.78, 5) is 12.0. The molecular weight excluding hydrogens is 320 g/mol. The van der Waals surface area contributed by atoms with E-state index in [1.54, 1.807) is 0 Å². The highest BCUT2D eigenvalue weighted by molar-refractivity contribution is 6.37. The van der Waals surface area contributed by atoms with Crippen LogP contribution in [-0.2, 0) is 0 Å². The number of phenols is 1. The van der Waals surface area contributed by atoms with Crippen LogP contribution < -0.4 is 10.1 Å². The summed E-state index contributed by atoms with van der Waals surface area (Å²) in [6.45, 7) is 0. The first kappa shape index (κ1) is 15.4. The van der Waals surface area contributed by atoms with Crippen LogP contribution >= 0.6 is 23.2 Å². The van der Waals surface area contributed by atoms with Crippen LogP contribution in [0.1, 0.15) is 10.4 Å². The van der Waals surface area contributed by atoms with Gasteiger partial charge in [-0.1, -0.05) is 23.2 Å². The van der Waals surface area contributed by atoms with Gasteiger partial charge in [-0.15, -0.1) is 0 Å². The molecule has 2 aromatic rings. The van der Waals surface area contributed by atoms with Gasteiger partial charge in [-0.3, -0.25) is 4.79 Å². The Bertz CT molecular complexity index is 684. The second kappa shape index (κ2) is 6.20. The number of nitrogens with one attached hydrogen (secondary N) is 1. The number of carbonyl (C=O) groups excluding carboxylic acids is 1. The number of halogens is 3. The zero-order valence-corrected chi connectivity index (χ0v) is 12.3. The molecule has 0 fully saturated rings. The maximum absolute atomic E-state index is 13.6. The Morgan fingerprint density at radius 3 is 2.38 bits per heavy atom. The Kier molecular flexibility index (Phi) is 4.55. The Morgan fingerprint density at radius 1 is 1.24 bits per heavy atom. The van der Waals surface area contributed by atoms with Crippen LogP contribution in [0.3, 0.4) is 0 Å². The smallest absolute Gasteiger partial charge is 0.255 e. The van der Waals surface area contributed by atoms with Crippen molar-refractivity contribution in [3.8, 4) is 11.5 Å². The first-order valence-corrected chi connectivity index (χ1v) is 6.51. The van der Waals surface area contributed by atoms with Gasteiger partial charge < -0.3 is 15.2 Å². The molecule has 0 unspecified atom stereocenters. The third-order valence-electron chi connectivity index (χ3n) is 2.69. The van der Waals surface area contributed by atoms with E-state index in [0.29, 0.717) is 0 Å². The molecule has 4 nitrogen and oxygen atoms in total. The molecule has 110 valence electrons. The van der Waals surface area contributed by atoms with Crippen molar-refractivity contribution in [3.05, 3.63) is 51.8 Å². The molecule has 0 aliphatic heterocycles. The molecule has 0 heterocycles. The molecular formula is C14H10Cl2FNO3. The van der Waals surface area contributed by atoms with E-state index in [0.717, 1.165) is 6.07 Å². The number of benzene rings is 2. The number of rotatable bonds is 3. The minimum absolute atomic E-state index is 0.00119. The molecule has 2 N–H and O–H groups in total. The van der Waals surface area contributed by atoms with Gasteiger partial charge in [0.1, 0.15) is 0 Å². The lowest BCUT2D eigenvalue weighted by Gasteiger charge is -2.09. The van der Waals surface area contributed by atoms with Crippen molar-refractivity contribution in [2.24, 2.45) is 0 Å². The Labute approximate surface area is 130 Å². The average molecular weight is 330 g/mol. The van der Waals surface area contributed by atoms with Crippen LogP contribution in [0.15, 0.2) is 30.3 Å². The van der Waals surface area contributed by atoms with Crippen LogP contribution in [0.2, 0.25) is 10.0 Å². The predicted molar refractivity (Wildman–Crippen MR) is 79.0 cm³/mol. The van der Waals surface area contributed by atoms with Gasteiger partial charge in [0.2, 0.25) is 0 Å². The summed E-state index contributed by atoms with van der Waals surface area (Å²) < 4.78 is 18.3. The van der Waals surface area contributed by atoms with Crippen LogP contribution in [-0.4, -0.2) is 18.1 Å². The molecule has 0 atom stereocenters. The van der Waals surface area contributed by atoms with E-state index in [1.807, 2.05) is 0 Å². The van der Waals surface area contributed by atoms with Crippen molar-refractivity contribution in [2.75, 3.05) is 12.4 Å². The number of carbonyl (C=O) groups is 1. The summed E-state index contributed by atoms with van der Waals surface area (Å²) in [6, 6.07) is 6.49. The van der Waals surface area contributed by atoms with E-state index < -0.39 is 11.7 Å². The normalized spacial score (nSPS) is 10.3. The lowest BCUT2D eigenvalue weighted by atomic mass is 10.2. The topological polar surface area (TPSA) is 58.6 Å². The molecule has 0 saturated carbocycles. The fourth-order valence-electron chi connectivity index (χ4n) is 1.65. The van der Waals surface area contributed by atoms with Gasteiger partial charge in [-0.25, -0.2) is 4.39 Å². The minimum Gasteiger partial charge on any atom is -0.505 e. The van der Waals surface area contributed by atoms with Crippen molar-refractivity contribution in [1.29, 1.82) is 0 Å². The standard InChI is InChI=1S/C14H10Cl2FNO3/c1-21-12-3-2-7(4-11(12)17)14(20)18-8-5-9(15)13(19)10(16)6-8/h2-6,19H,1H3,(H,18,20). The Balaban J connectivity index is 2.24. The molecule has 0 saturated heterocycles. The number of phenolic OH excluding ortho intramolecular Hbond substituents is 1.